The van der Waals surface area contributed by atoms with Crippen LogP contribution in [0.4, 0.5) is 5.69 Å². The van der Waals surface area contributed by atoms with Crippen LogP contribution in [0.3, 0.4) is 0 Å². The van der Waals surface area contributed by atoms with Crippen LogP contribution in [0, 0.1) is 6.92 Å². The van der Waals surface area contributed by atoms with Crippen LogP contribution in [0.25, 0.3) is 0 Å². The number of hydrazine groups is 1. The molecule has 0 fully saturated rings. The van der Waals surface area contributed by atoms with Gasteiger partial charge in [0.25, 0.3) is 5.91 Å². The summed E-state index contributed by atoms with van der Waals surface area (Å²) >= 11 is 1.65. The molecular weight excluding hydrogens is 246 g/mol. The maximum absolute atomic E-state index is 11.9. The van der Waals surface area contributed by atoms with Crippen molar-refractivity contribution in [2.45, 2.75) is 13.5 Å². The molecule has 1 heterocycles. The third-order valence-electron chi connectivity index (χ3n) is 2.69. The summed E-state index contributed by atoms with van der Waals surface area (Å²) in [5, 5.41) is 4.93. The average Bonchev–Trinajstić information content (AvgIpc) is 2.81. The molecule has 1 aromatic carbocycles. The Balaban J connectivity index is 1.97. The molecule has 0 aliphatic rings. The Morgan fingerprint density at radius 2 is 2.00 bits per heavy atom. The predicted molar refractivity (Wildman–Crippen MR) is 74.5 cm³/mol. The molecule has 18 heavy (non-hydrogen) atoms. The lowest BCUT2D eigenvalue weighted by atomic mass is 10.2. The second kappa shape index (κ2) is 5.66. The van der Waals surface area contributed by atoms with E-state index in [2.05, 4.69) is 10.7 Å². The number of benzene rings is 1. The van der Waals surface area contributed by atoms with E-state index >= 15 is 0 Å². The summed E-state index contributed by atoms with van der Waals surface area (Å²) in [6.07, 6.45) is 0. The Labute approximate surface area is 110 Å². The van der Waals surface area contributed by atoms with Crippen molar-refractivity contribution in [3.8, 4) is 0 Å². The zero-order valence-electron chi connectivity index (χ0n) is 10.1. The highest BCUT2D eigenvalue weighted by molar-refractivity contribution is 7.10. The fraction of sp³-hybridized carbons (Fsp3) is 0.154. The Morgan fingerprint density at radius 3 is 2.56 bits per heavy atom. The Hall–Kier alpha value is -1.85. The van der Waals surface area contributed by atoms with E-state index in [9.17, 15) is 4.79 Å². The van der Waals surface area contributed by atoms with Gasteiger partial charge in [0.1, 0.15) is 0 Å². The number of nitrogens with one attached hydrogen (secondary N) is 2. The number of rotatable bonds is 4. The van der Waals surface area contributed by atoms with Crippen molar-refractivity contribution in [1.29, 1.82) is 0 Å². The summed E-state index contributed by atoms with van der Waals surface area (Å²) in [4.78, 5) is 13.1. The van der Waals surface area contributed by atoms with E-state index in [0.29, 0.717) is 12.1 Å². The molecule has 0 unspecified atom stereocenters. The zero-order chi connectivity index (χ0) is 13.0. The van der Waals surface area contributed by atoms with E-state index in [0.717, 1.165) is 5.69 Å². The molecule has 0 saturated heterocycles. The van der Waals surface area contributed by atoms with E-state index in [4.69, 9.17) is 5.84 Å². The maximum atomic E-state index is 11.9. The first kappa shape index (κ1) is 12.6. The zero-order valence-corrected chi connectivity index (χ0v) is 10.9. The third kappa shape index (κ3) is 2.88. The number of thiophene rings is 1. The monoisotopic (exact) mass is 261 g/mol. The summed E-state index contributed by atoms with van der Waals surface area (Å²) in [6.45, 7) is 2.61. The van der Waals surface area contributed by atoms with Crippen LogP contribution in [0.2, 0.25) is 0 Å². The molecule has 0 bridgehead atoms. The van der Waals surface area contributed by atoms with Gasteiger partial charge < -0.3 is 10.7 Å². The smallest absolute Gasteiger partial charge is 0.251 e. The molecule has 0 spiro atoms. The van der Waals surface area contributed by atoms with Gasteiger partial charge in [-0.25, -0.2) is 0 Å². The van der Waals surface area contributed by atoms with Crippen LogP contribution >= 0.6 is 11.3 Å². The molecule has 1 aromatic heterocycles. The summed E-state index contributed by atoms with van der Waals surface area (Å²) in [5.74, 6) is 5.19. The summed E-state index contributed by atoms with van der Waals surface area (Å²) in [7, 11) is 0. The second-order valence-electron chi connectivity index (χ2n) is 3.93. The van der Waals surface area contributed by atoms with Crippen molar-refractivity contribution >= 4 is 22.9 Å². The van der Waals surface area contributed by atoms with E-state index in [-0.39, 0.29) is 5.91 Å². The molecule has 5 heteroatoms. The van der Waals surface area contributed by atoms with Gasteiger partial charge in [0.15, 0.2) is 0 Å². The fourth-order valence-corrected chi connectivity index (χ4v) is 2.41. The van der Waals surface area contributed by atoms with Crippen LogP contribution in [0.15, 0.2) is 35.7 Å². The molecule has 94 valence electrons. The molecular formula is C13H15N3OS. The topological polar surface area (TPSA) is 67.2 Å². The van der Waals surface area contributed by atoms with Gasteiger partial charge in [-0.05, 0) is 48.2 Å². The summed E-state index contributed by atoms with van der Waals surface area (Å²) in [5.41, 5.74) is 5.14. The molecule has 0 radical (unpaired) electrons. The van der Waals surface area contributed by atoms with Gasteiger partial charge in [-0.15, -0.1) is 11.3 Å². The maximum Gasteiger partial charge on any atom is 0.251 e. The highest BCUT2D eigenvalue weighted by atomic mass is 32.1. The average molecular weight is 261 g/mol. The first-order valence-corrected chi connectivity index (χ1v) is 6.46. The highest BCUT2D eigenvalue weighted by Crippen LogP contribution is 2.15. The van der Waals surface area contributed by atoms with E-state index < -0.39 is 0 Å². The highest BCUT2D eigenvalue weighted by Gasteiger charge is 2.06. The first-order chi connectivity index (χ1) is 8.70. The van der Waals surface area contributed by atoms with Crippen molar-refractivity contribution in [3.05, 3.63) is 51.7 Å². The Kier molecular flexibility index (Phi) is 3.96. The van der Waals surface area contributed by atoms with Gasteiger partial charge in [-0.2, -0.15) is 0 Å². The van der Waals surface area contributed by atoms with Gasteiger partial charge in [0, 0.05) is 16.1 Å². The number of hydrogen-bond acceptors (Lipinski definition) is 4. The molecule has 1 amide bonds. The molecule has 0 aliphatic heterocycles. The number of carbonyl (C=O) groups excluding carboxylic acids is 1. The van der Waals surface area contributed by atoms with E-state index in [1.165, 1.54) is 10.4 Å². The standard InChI is InChI=1S/C13H15N3OS/c1-9-6-7-18-12(9)8-15-13(17)10-2-4-11(16-14)5-3-10/h2-7,16H,8,14H2,1H3,(H,15,17). The molecule has 2 rings (SSSR count). The molecule has 2 aromatic rings. The first-order valence-electron chi connectivity index (χ1n) is 5.58. The minimum atomic E-state index is -0.0774. The third-order valence-corrected chi connectivity index (χ3v) is 3.71. The number of anilines is 1. The quantitative estimate of drug-likeness (QED) is 0.584. The van der Waals surface area contributed by atoms with Crippen molar-refractivity contribution in [3.63, 3.8) is 0 Å². The second-order valence-corrected chi connectivity index (χ2v) is 4.93. The molecule has 0 atom stereocenters. The van der Waals surface area contributed by atoms with Gasteiger partial charge >= 0.3 is 0 Å². The molecule has 4 N–H and O–H groups in total. The number of carbonyl (C=O) groups is 1. The SMILES string of the molecule is Cc1ccsc1CNC(=O)c1ccc(NN)cc1. The predicted octanol–water partition coefficient (Wildman–Crippen LogP) is 2.27. The van der Waals surface area contributed by atoms with E-state index in [1.807, 2.05) is 18.4 Å². The van der Waals surface area contributed by atoms with E-state index in [1.54, 1.807) is 35.6 Å². The molecule has 4 nitrogen and oxygen atoms in total. The van der Waals surface area contributed by atoms with Gasteiger partial charge in [0.2, 0.25) is 0 Å². The van der Waals surface area contributed by atoms with Gasteiger partial charge in [-0.1, -0.05) is 0 Å². The summed E-state index contributed by atoms with van der Waals surface area (Å²) < 4.78 is 0. The van der Waals surface area contributed by atoms with Crippen molar-refractivity contribution in [2.75, 3.05) is 5.43 Å². The van der Waals surface area contributed by atoms with Crippen LogP contribution in [0.5, 0.6) is 0 Å². The molecule has 0 aliphatic carbocycles. The van der Waals surface area contributed by atoms with Crippen LogP contribution in [-0.4, -0.2) is 5.91 Å². The normalized spacial score (nSPS) is 10.1. The van der Waals surface area contributed by atoms with Crippen LogP contribution in [0.1, 0.15) is 20.8 Å². The van der Waals surface area contributed by atoms with Gasteiger partial charge in [-0.3, -0.25) is 10.6 Å². The number of nitrogens with two attached hydrogens (primary N) is 1. The number of hydrogen-bond donors (Lipinski definition) is 3. The van der Waals surface area contributed by atoms with Crippen molar-refractivity contribution in [1.82, 2.24) is 5.32 Å². The minimum Gasteiger partial charge on any atom is -0.347 e. The lowest BCUT2D eigenvalue weighted by Crippen LogP contribution is -2.22. The summed E-state index contributed by atoms with van der Waals surface area (Å²) in [6, 6.07) is 9.07. The Morgan fingerprint density at radius 1 is 1.28 bits per heavy atom. The van der Waals surface area contributed by atoms with Crippen molar-refractivity contribution < 1.29 is 4.79 Å². The van der Waals surface area contributed by atoms with Gasteiger partial charge in [0.05, 0.1) is 6.54 Å². The Bertz CT molecular complexity index is 533. The largest absolute Gasteiger partial charge is 0.347 e. The van der Waals surface area contributed by atoms with Crippen molar-refractivity contribution in [2.24, 2.45) is 5.84 Å². The minimum absolute atomic E-state index is 0.0774. The molecule has 0 saturated carbocycles. The number of amides is 1. The lowest BCUT2D eigenvalue weighted by Gasteiger charge is -2.05. The fourth-order valence-electron chi connectivity index (χ4n) is 1.57. The van der Waals surface area contributed by atoms with Crippen LogP contribution in [-0.2, 0) is 6.54 Å². The lowest BCUT2D eigenvalue weighted by molar-refractivity contribution is 0.0951. The number of aryl methyl sites for hydroxylation is 1. The number of nitrogen functional groups attached to an aromatic ring is 1. The van der Waals surface area contributed by atoms with Crippen LogP contribution < -0.4 is 16.6 Å².